The van der Waals surface area contributed by atoms with Crippen molar-refractivity contribution in [3.63, 3.8) is 0 Å². The number of ether oxygens (including phenoxy) is 1. The van der Waals surface area contributed by atoms with E-state index in [0.29, 0.717) is 6.54 Å². The molecule has 0 spiro atoms. The van der Waals surface area contributed by atoms with Gasteiger partial charge in [0.1, 0.15) is 17.2 Å². The zero-order valence-corrected chi connectivity index (χ0v) is 18.7. The Kier molecular flexibility index (Phi) is 13.4. The third-order valence-corrected chi connectivity index (χ3v) is 3.81. The maximum Gasteiger partial charge on any atom is 0.416 e. The highest BCUT2D eigenvalue weighted by molar-refractivity contribution is 7.16. The molecule has 0 atom stereocenters. The number of halogens is 4. The van der Waals surface area contributed by atoms with E-state index in [1.54, 1.807) is 6.92 Å². The smallest absolute Gasteiger partial charge is 0.416 e. The predicted octanol–water partition coefficient (Wildman–Crippen LogP) is 7.48. The number of nitrogens with zero attached hydrogens (tertiary/aromatic N) is 1. The molecule has 2 aromatic carbocycles. The molecular formula is C19H23ClF3N2O5P. The van der Waals surface area contributed by atoms with Gasteiger partial charge < -0.3 is 14.9 Å². The topological polar surface area (TPSA) is 102 Å². The van der Waals surface area contributed by atoms with Crippen molar-refractivity contribution < 1.29 is 32.3 Å². The van der Waals surface area contributed by atoms with E-state index in [1.165, 1.54) is 31.0 Å². The van der Waals surface area contributed by atoms with Crippen molar-refractivity contribution in [1.82, 2.24) is 0 Å². The van der Waals surface area contributed by atoms with Gasteiger partial charge in [-0.1, -0.05) is 38.3 Å². The maximum absolute atomic E-state index is 12.6. The summed E-state index contributed by atoms with van der Waals surface area (Å²) in [7, 11) is -0.833. The molecule has 0 aliphatic carbocycles. The molecule has 31 heavy (non-hydrogen) atoms. The molecule has 0 amide bonds. The normalized spacial score (nSPS) is 10.3. The summed E-state index contributed by atoms with van der Waals surface area (Å²) in [6.45, 7) is 6.58. The van der Waals surface area contributed by atoms with Crippen LogP contribution in [0.25, 0.3) is 0 Å². The van der Waals surface area contributed by atoms with E-state index < -0.39 is 25.4 Å². The van der Waals surface area contributed by atoms with Gasteiger partial charge in [0.15, 0.2) is 0 Å². The van der Waals surface area contributed by atoms with E-state index in [-0.39, 0.29) is 27.9 Å². The van der Waals surface area contributed by atoms with Crippen molar-refractivity contribution in [3.8, 4) is 11.5 Å². The van der Waals surface area contributed by atoms with Gasteiger partial charge >= 0.3 is 14.9 Å². The second-order valence-electron chi connectivity index (χ2n) is 5.79. The Morgan fingerprint density at radius 1 is 1.16 bits per heavy atom. The van der Waals surface area contributed by atoms with Gasteiger partial charge in [-0.05, 0) is 31.2 Å². The molecule has 2 rings (SSSR count). The number of rotatable bonds is 6. The van der Waals surface area contributed by atoms with Crippen LogP contribution in [0.2, 0.25) is 5.02 Å². The van der Waals surface area contributed by atoms with E-state index in [2.05, 4.69) is 19.2 Å². The standard InChI is InChI=1S/C15H12ClF3N2O3.C4H10.HO2P/c1-2-20-12-8-10(4-5-13(12)21(22)23)24-14-6-3-9(7-11(14)16)15(17,18)19;1-3-4-2;1-3-2/h3-8,20H,2H2,1H3;3-4H2,1-2H3;(H,1,2). The predicted molar refractivity (Wildman–Crippen MR) is 114 cm³/mol. The number of nitrogens with one attached hydrogen (secondary N) is 1. The molecule has 0 saturated heterocycles. The Bertz CT molecular complexity index is 852. The molecule has 0 saturated carbocycles. The molecule has 0 fully saturated rings. The quantitative estimate of drug-likeness (QED) is 0.251. The van der Waals surface area contributed by atoms with Crippen LogP contribution >= 0.6 is 20.3 Å². The lowest BCUT2D eigenvalue weighted by molar-refractivity contribution is -0.384. The van der Waals surface area contributed by atoms with Gasteiger partial charge in [0, 0.05) is 18.7 Å². The number of benzene rings is 2. The maximum atomic E-state index is 12.6. The summed E-state index contributed by atoms with van der Waals surface area (Å²) in [5, 5.41) is 13.6. The summed E-state index contributed by atoms with van der Waals surface area (Å²) < 4.78 is 51.7. The number of nitro groups is 1. The van der Waals surface area contributed by atoms with Crippen LogP contribution in [-0.4, -0.2) is 16.4 Å². The van der Waals surface area contributed by atoms with Gasteiger partial charge in [-0.2, -0.15) is 13.2 Å². The summed E-state index contributed by atoms with van der Waals surface area (Å²) in [6.07, 6.45) is -1.87. The van der Waals surface area contributed by atoms with Crippen LogP contribution < -0.4 is 10.1 Å². The van der Waals surface area contributed by atoms with Gasteiger partial charge in [-0.3, -0.25) is 10.1 Å². The molecule has 2 N–H and O–H groups in total. The minimum Gasteiger partial charge on any atom is -0.456 e. The summed E-state index contributed by atoms with van der Waals surface area (Å²) >= 11 is 5.82. The highest BCUT2D eigenvalue weighted by Crippen LogP contribution is 2.37. The van der Waals surface area contributed by atoms with Crippen LogP contribution in [0.1, 0.15) is 39.2 Å². The van der Waals surface area contributed by atoms with Crippen LogP contribution in [0.15, 0.2) is 36.4 Å². The zero-order chi connectivity index (χ0) is 24.0. The number of hydrogen-bond donors (Lipinski definition) is 2. The van der Waals surface area contributed by atoms with Crippen LogP contribution in [0.3, 0.4) is 0 Å². The number of hydrogen-bond acceptors (Lipinski definition) is 5. The number of nitro benzene ring substituents is 1. The first-order valence-electron chi connectivity index (χ1n) is 9.09. The lowest BCUT2D eigenvalue weighted by Crippen LogP contribution is -2.04. The Balaban J connectivity index is 0.00000113. The molecule has 2 aromatic rings. The molecule has 0 aromatic heterocycles. The van der Waals surface area contributed by atoms with E-state index in [0.717, 1.165) is 18.2 Å². The average Bonchev–Trinajstić information content (AvgIpc) is 2.70. The monoisotopic (exact) mass is 482 g/mol. The van der Waals surface area contributed by atoms with Crippen molar-refractivity contribution in [1.29, 1.82) is 0 Å². The average molecular weight is 483 g/mol. The third kappa shape index (κ3) is 10.4. The lowest BCUT2D eigenvalue weighted by Gasteiger charge is -2.12. The highest BCUT2D eigenvalue weighted by Gasteiger charge is 2.31. The lowest BCUT2D eigenvalue weighted by atomic mass is 10.2. The summed E-state index contributed by atoms with van der Waals surface area (Å²) in [5.41, 5.74) is -0.789. The Hall–Kier alpha value is -2.42. The zero-order valence-electron chi connectivity index (χ0n) is 17.1. The summed E-state index contributed by atoms with van der Waals surface area (Å²) in [5.74, 6) is 0.221. The van der Waals surface area contributed by atoms with Gasteiger partial charge in [-0.25, -0.2) is 4.57 Å². The molecule has 12 heteroatoms. The molecule has 0 aliphatic rings. The van der Waals surface area contributed by atoms with Gasteiger partial charge in [0.05, 0.1) is 15.5 Å². The fourth-order valence-corrected chi connectivity index (χ4v) is 2.18. The fourth-order valence-electron chi connectivity index (χ4n) is 1.96. The molecule has 0 radical (unpaired) electrons. The second-order valence-corrected chi connectivity index (χ2v) is 6.36. The van der Waals surface area contributed by atoms with E-state index in [9.17, 15) is 23.3 Å². The SMILES string of the molecule is CCCC.CCNc1cc(Oc2ccc(C(F)(F)F)cc2Cl)ccc1[N+](=O)[O-].O=PO. The number of alkyl halides is 3. The van der Waals surface area contributed by atoms with E-state index >= 15 is 0 Å². The summed E-state index contributed by atoms with van der Waals surface area (Å²) in [4.78, 5) is 17.4. The molecule has 0 aliphatic heterocycles. The van der Waals surface area contributed by atoms with Crippen molar-refractivity contribution in [2.75, 3.05) is 11.9 Å². The summed E-state index contributed by atoms with van der Waals surface area (Å²) in [6, 6.07) is 6.67. The van der Waals surface area contributed by atoms with Crippen molar-refractivity contribution >= 4 is 31.7 Å². The first kappa shape index (κ1) is 28.6. The first-order valence-corrected chi connectivity index (χ1v) is 10.2. The molecule has 0 unspecified atom stereocenters. The first-order chi connectivity index (χ1) is 14.5. The Labute approximate surface area is 184 Å². The van der Waals surface area contributed by atoms with Crippen molar-refractivity contribution in [2.24, 2.45) is 0 Å². The number of anilines is 1. The molecule has 172 valence electrons. The fraction of sp³-hybridized carbons (Fsp3) is 0.368. The minimum atomic E-state index is -4.51. The molecular weight excluding hydrogens is 460 g/mol. The van der Waals surface area contributed by atoms with Crippen LogP contribution in [0.5, 0.6) is 11.5 Å². The second kappa shape index (κ2) is 14.6. The molecule has 0 bridgehead atoms. The highest BCUT2D eigenvalue weighted by atomic mass is 35.5. The largest absolute Gasteiger partial charge is 0.456 e. The van der Waals surface area contributed by atoms with Crippen molar-refractivity contribution in [3.05, 3.63) is 57.1 Å². The van der Waals surface area contributed by atoms with Crippen LogP contribution in [0, 0.1) is 10.1 Å². The van der Waals surface area contributed by atoms with Crippen LogP contribution in [-0.2, 0) is 10.7 Å². The molecule has 0 heterocycles. The van der Waals surface area contributed by atoms with Crippen molar-refractivity contribution in [2.45, 2.75) is 39.8 Å². The minimum absolute atomic E-state index is 0.0148. The Morgan fingerprint density at radius 3 is 2.16 bits per heavy atom. The number of unbranched alkanes of at least 4 members (excludes halogenated alkanes) is 1. The Morgan fingerprint density at radius 2 is 1.74 bits per heavy atom. The van der Waals surface area contributed by atoms with Gasteiger partial charge in [-0.15, -0.1) is 0 Å². The molecule has 7 nitrogen and oxygen atoms in total. The van der Waals surface area contributed by atoms with E-state index in [1.807, 2.05) is 0 Å². The van der Waals surface area contributed by atoms with Gasteiger partial charge in [0.2, 0.25) is 0 Å². The van der Waals surface area contributed by atoms with Crippen LogP contribution in [0.4, 0.5) is 24.5 Å². The third-order valence-electron chi connectivity index (χ3n) is 3.52. The van der Waals surface area contributed by atoms with Gasteiger partial charge in [0.25, 0.3) is 5.69 Å². The van der Waals surface area contributed by atoms with E-state index in [4.69, 9.17) is 25.8 Å².